The molecule has 1 heterocycles. The smallest absolute Gasteiger partial charge is 0.254 e. The molecule has 3 aromatic rings. The molecule has 266 valence electrons. The van der Waals surface area contributed by atoms with Crippen LogP contribution in [0.1, 0.15) is 55.2 Å². The summed E-state index contributed by atoms with van der Waals surface area (Å²) in [5.74, 6) is -0.0589. The summed E-state index contributed by atoms with van der Waals surface area (Å²) >= 11 is 13.4. The predicted octanol–water partition coefficient (Wildman–Crippen LogP) is 3.38. The van der Waals surface area contributed by atoms with Gasteiger partial charge < -0.3 is 45.0 Å². The SMILES string of the molecule is O=C(C(O)C(O)C(O)C(O)CO)N(CCO)CCCCc1cc(Cl)c(COC2(c3cnccc3-c3ccccc3OC3CC3)CC2)cc1Cl. The van der Waals surface area contributed by atoms with Crippen LogP contribution in [0.5, 0.6) is 5.75 Å². The number of aromatic nitrogens is 1. The third-order valence-electron chi connectivity index (χ3n) is 9.04. The molecule has 2 aliphatic rings. The number of benzene rings is 2. The van der Waals surface area contributed by atoms with Crippen LogP contribution in [0.25, 0.3) is 11.1 Å². The number of aryl methyl sites for hydroxylation is 1. The number of rotatable bonds is 19. The Morgan fingerprint density at radius 1 is 0.939 bits per heavy atom. The molecule has 0 radical (unpaired) electrons. The Labute approximate surface area is 295 Å². The number of aliphatic hydroxyl groups is 6. The minimum Gasteiger partial charge on any atom is -0.490 e. The number of hydrogen-bond acceptors (Lipinski definition) is 10. The number of amides is 1. The minimum atomic E-state index is -2.05. The van der Waals surface area contributed by atoms with Gasteiger partial charge in [-0.15, -0.1) is 0 Å². The number of hydrogen-bond donors (Lipinski definition) is 6. The van der Waals surface area contributed by atoms with E-state index >= 15 is 0 Å². The van der Waals surface area contributed by atoms with Crippen LogP contribution < -0.4 is 4.74 Å². The maximum atomic E-state index is 12.8. The molecule has 49 heavy (non-hydrogen) atoms. The van der Waals surface area contributed by atoms with E-state index in [2.05, 4.69) is 11.1 Å². The highest BCUT2D eigenvalue weighted by molar-refractivity contribution is 6.34. The highest BCUT2D eigenvalue weighted by atomic mass is 35.5. The number of pyridine rings is 1. The van der Waals surface area contributed by atoms with Gasteiger partial charge in [-0.05, 0) is 85.9 Å². The summed E-state index contributed by atoms with van der Waals surface area (Å²) in [6.07, 6.45) is 1.61. The molecule has 6 N–H and O–H groups in total. The second kappa shape index (κ2) is 16.9. The zero-order chi connectivity index (χ0) is 35.1. The monoisotopic (exact) mass is 718 g/mol. The molecule has 5 rings (SSSR count). The van der Waals surface area contributed by atoms with Crippen molar-refractivity contribution in [3.8, 4) is 16.9 Å². The van der Waals surface area contributed by atoms with Gasteiger partial charge in [0.15, 0.2) is 6.10 Å². The Bertz CT molecular complexity index is 1570. The topological polar surface area (TPSA) is 173 Å². The van der Waals surface area contributed by atoms with Gasteiger partial charge in [0.25, 0.3) is 5.91 Å². The molecule has 1 amide bonds. The van der Waals surface area contributed by atoms with Gasteiger partial charge in [-0.25, -0.2) is 0 Å². The van der Waals surface area contributed by atoms with Gasteiger partial charge >= 0.3 is 0 Å². The molecule has 2 saturated carbocycles. The second-order valence-electron chi connectivity index (χ2n) is 12.7. The lowest BCUT2D eigenvalue weighted by Gasteiger charge is -2.29. The Morgan fingerprint density at radius 3 is 2.35 bits per heavy atom. The largest absolute Gasteiger partial charge is 0.490 e. The maximum Gasteiger partial charge on any atom is 0.254 e. The van der Waals surface area contributed by atoms with Crippen molar-refractivity contribution in [3.63, 3.8) is 0 Å². The third kappa shape index (κ3) is 9.29. The molecule has 1 aromatic heterocycles. The molecule has 0 saturated heterocycles. The average Bonchev–Trinajstić information content (AvgIpc) is 4.06. The van der Waals surface area contributed by atoms with Crippen molar-refractivity contribution in [2.24, 2.45) is 0 Å². The Hall–Kier alpha value is -2.84. The number of ether oxygens (including phenoxy) is 2. The van der Waals surface area contributed by atoms with Crippen LogP contribution in [0, 0.1) is 0 Å². The Morgan fingerprint density at radius 2 is 1.65 bits per heavy atom. The molecule has 2 fully saturated rings. The van der Waals surface area contributed by atoms with Gasteiger partial charge in [-0.3, -0.25) is 9.78 Å². The molecule has 0 spiro atoms. The zero-order valence-corrected chi connectivity index (χ0v) is 28.6. The van der Waals surface area contributed by atoms with Crippen LogP contribution in [-0.2, 0) is 28.2 Å². The van der Waals surface area contributed by atoms with E-state index in [1.165, 1.54) is 4.90 Å². The fourth-order valence-electron chi connectivity index (χ4n) is 5.83. The zero-order valence-electron chi connectivity index (χ0n) is 27.1. The molecule has 4 unspecified atom stereocenters. The van der Waals surface area contributed by atoms with Gasteiger partial charge in [-0.2, -0.15) is 0 Å². The van der Waals surface area contributed by atoms with E-state index in [1.54, 1.807) is 6.20 Å². The fourth-order valence-corrected chi connectivity index (χ4v) is 6.35. The van der Waals surface area contributed by atoms with E-state index in [9.17, 15) is 30.3 Å². The normalized spacial score (nSPS) is 17.6. The second-order valence-corrected chi connectivity index (χ2v) is 13.5. The molecule has 2 aromatic carbocycles. The van der Waals surface area contributed by atoms with Crippen LogP contribution in [0.15, 0.2) is 54.9 Å². The van der Waals surface area contributed by atoms with E-state index in [4.69, 9.17) is 37.8 Å². The molecule has 4 atom stereocenters. The van der Waals surface area contributed by atoms with Gasteiger partial charge in [0.05, 0.1) is 31.5 Å². The van der Waals surface area contributed by atoms with Crippen LogP contribution >= 0.6 is 23.2 Å². The number of aliphatic hydroxyl groups excluding tert-OH is 6. The lowest BCUT2D eigenvalue weighted by molar-refractivity contribution is -0.158. The van der Waals surface area contributed by atoms with Crippen molar-refractivity contribution < 1.29 is 44.9 Å². The van der Waals surface area contributed by atoms with E-state index in [1.807, 2.05) is 42.6 Å². The summed E-state index contributed by atoms with van der Waals surface area (Å²) in [5, 5.41) is 59.2. The average molecular weight is 720 g/mol. The summed E-state index contributed by atoms with van der Waals surface area (Å²) < 4.78 is 12.8. The Balaban J connectivity index is 1.18. The summed E-state index contributed by atoms with van der Waals surface area (Å²) in [6.45, 7) is -0.949. The van der Waals surface area contributed by atoms with Gasteiger partial charge in [0.1, 0.15) is 24.1 Å². The molecular weight excluding hydrogens is 675 g/mol. The van der Waals surface area contributed by atoms with Crippen LogP contribution in [-0.4, -0.2) is 103 Å². The highest BCUT2D eigenvalue weighted by Crippen LogP contribution is 2.53. The molecule has 11 nitrogen and oxygen atoms in total. The van der Waals surface area contributed by atoms with Gasteiger partial charge in [-0.1, -0.05) is 41.4 Å². The lowest BCUT2D eigenvalue weighted by atomic mass is 9.96. The first-order chi connectivity index (χ1) is 23.6. The van der Waals surface area contributed by atoms with Crippen molar-refractivity contribution in [2.75, 3.05) is 26.3 Å². The van der Waals surface area contributed by atoms with Crippen molar-refractivity contribution in [2.45, 2.75) is 87.7 Å². The summed E-state index contributed by atoms with van der Waals surface area (Å²) in [5.41, 5.74) is 4.13. The highest BCUT2D eigenvalue weighted by Gasteiger charge is 2.48. The Kier molecular flexibility index (Phi) is 12.9. The number of para-hydroxylation sites is 1. The van der Waals surface area contributed by atoms with Crippen molar-refractivity contribution in [1.82, 2.24) is 9.88 Å². The molecular formula is C36H44Cl2N2O9. The fraction of sp³-hybridized carbons (Fsp3) is 0.500. The number of unbranched alkanes of at least 4 members (excludes halogenated alkanes) is 1. The maximum absolute atomic E-state index is 12.8. The summed E-state index contributed by atoms with van der Waals surface area (Å²) in [4.78, 5) is 18.3. The molecule has 2 aliphatic carbocycles. The number of carbonyl (C=O) groups excluding carboxylic acids is 1. The first kappa shape index (κ1) is 37.4. The quantitative estimate of drug-likeness (QED) is 0.101. The molecule has 13 heteroatoms. The molecule has 0 aliphatic heterocycles. The first-order valence-corrected chi connectivity index (χ1v) is 17.4. The van der Waals surface area contributed by atoms with Gasteiger partial charge in [0.2, 0.25) is 0 Å². The van der Waals surface area contributed by atoms with Crippen molar-refractivity contribution in [1.29, 1.82) is 0 Å². The van der Waals surface area contributed by atoms with Crippen LogP contribution in [0.3, 0.4) is 0 Å². The summed E-state index contributed by atoms with van der Waals surface area (Å²) in [6, 6.07) is 13.7. The van der Waals surface area contributed by atoms with E-state index < -0.39 is 42.5 Å². The first-order valence-electron chi connectivity index (χ1n) is 16.6. The standard InChI is InChI=1S/C36H44Cl2N2O9/c37-28-18-23(21-48-36(11-12-36)27-19-39-13-10-25(27)26-6-1-2-7-31(26)49-24-8-9-24)29(38)17-22(28)5-3-4-14-40(15-16-41)35(47)34(46)33(45)32(44)30(43)20-42/h1-2,6-7,10,13,17-19,24,30,32-34,41-46H,3-5,8-9,11-12,14-16,20-21H2. The number of nitrogens with zero attached hydrogens (tertiary/aromatic N) is 2. The molecule has 0 bridgehead atoms. The van der Waals surface area contributed by atoms with Gasteiger partial charge in [0, 0.05) is 46.7 Å². The van der Waals surface area contributed by atoms with Crippen molar-refractivity contribution >= 4 is 29.1 Å². The predicted molar refractivity (Wildman–Crippen MR) is 183 cm³/mol. The van der Waals surface area contributed by atoms with Crippen LogP contribution in [0.4, 0.5) is 0 Å². The number of halogens is 2. The lowest BCUT2D eigenvalue weighted by Crippen LogP contribution is -2.53. The van der Waals surface area contributed by atoms with E-state index in [0.717, 1.165) is 59.3 Å². The summed E-state index contributed by atoms with van der Waals surface area (Å²) in [7, 11) is 0. The minimum absolute atomic E-state index is 0.106. The number of carbonyl (C=O) groups is 1. The third-order valence-corrected chi connectivity index (χ3v) is 9.75. The van der Waals surface area contributed by atoms with Crippen molar-refractivity contribution in [3.05, 3.63) is 81.6 Å². The van der Waals surface area contributed by atoms with E-state index in [0.29, 0.717) is 29.3 Å². The van der Waals surface area contributed by atoms with E-state index in [-0.39, 0.29) is 32.4 Å². The van der Waals surface area contributed by atoms with Crippen LogP contribution in [0.2, 0.25) is 10.0 Å².